The Labute approximate surface area is 151 Å². The fourth-order valence-electron chi connectivity index (χ4n) is 3.41. The average Bonchev–Trinajstić information content (AvgIpc) is 2.67. The van der Waals surface area contributed by atoms with Gasteiger partial charge in [0.05, 0.1) is 7.11 Å². The molecule has 0 saturated heterocycles. The molecule has 2 heteroatoms. The summed E-state index contributed by atoms with van der Waals surface area (Å²) in [6.07, 6.45) is 15.9. The van der Waals surface area contributed by atoms with E-state index in [-0.39, 0.29) is 0 Å². The van der Waals surface area contributed by atoms with Gasteiger partial charge in [0.15, 0.2) is 0 Å². The van der Waals surface area contributed by atoms with Gasteiger partial charge in [-0.25, -0.2) is 0 Å². The van der Waals surface area contributed by atoms with Gasteiger partial charge >= 0.3 is 0 Å². The van der Waals surface area contributed by atoms with Gasteiger partial charge in [-0.05, 0) is 73.8 Å². The van der Waals surface area contributed by atoms with Crippen molar-refractivity contribution in [3.63, 3.8) is 0 Å². The zero-order valence-electron chi connectivity index (χ0n) is 15.3. The monoisotopic (exact) mass is 336 g/mol. The fourth-order valence-corrected chi connectivity index (χ4v) is 3.41. The van der Waals surface area contributed by atoms with Gasteiger partial charge in [0.1, 0.15) is 18.1 Å². The lowest BCUT2D eigenvalue weighted by atomic mass is 9.87. The van der Waals surface area contributed by atoms with Crippen molar-refractivity contribution in [2.45, 2.75) is 39.2 Å². The van der Waals surface area contributed by atoms with Crippen LogP contribution < -0.4 is 0 Å². The summed E-state index contributed by atoms with van der Waals surface area (Å²) in [6, 6.07) is 10.3. The summed E-state index contributed by atoms with van der Waals surface area (Å²) in [6.45, 7) is 2.76. The predicted molar refractivity (Wildman–Crippen MR) is 103 cm³/mol. The third-order valence-corrected chi connectivity index (χ3v) is 5.03. The van der Waals surface area contributed by atoms with Crippen LogP contribution in [0.1, 0.15) is 38.2 Å². The predicted octanol–water partition coefficient (Wildman–Crippen LogP) is 5.94. The zero-order chi connectivity index (χ0) is 17.5. The molecule has 2 aliphatic carbocycles. The van der Waals surface area contributed by atoms with Crippen LogP contribution in [0.5, 0.6) is 0 Å². The van der Waals surface area contributed by atoms with E-state index in [1.54, 1.807) is 7.11 Å². The molecular weight excluding hydrogens is 308 g/mol. The van der Waals surface area contributed by atoms with Crippen LogP contribution in [0.25, 0.3) is 0 Å². The van der Waals surface area contributed by atoms with E-state index in [4.69, 9.17) is 9.47 Å². The lowest BCUT2D eigenvalue weighted by Gasteiger charge is -2.22. The molecule has 0 aromatic heterocycles. The molecular formula is C23H28O2. The number of benzene rings is 1. The van der Waals surface area contributed by atoms with Crippen molar-refractivity contribution >= 4 is 0 Å². The van der Waals surface area contributed by atoms with Crippen molar-refractivity contribution in [1.82, 2.24) is 0 Å². The van der Waals surface area contributed by atoms with Crippen molar-refractivity contribution in [3.8, 4) is 0 Å². The molecule has 132 valence electrons. The molecule has 0 heterocycles. The third-order valence-electron chi connectivity index (χ3n) is 5.03. The Morgan fingerprint density at radius 1 is 1.00 bits per heavy atom. The Morgan fingerprint density at radius 2 is 1.76 bits per heavy atom. The molecule has 0 spiro atoms. The van der Waals surface area contributed by atoms with Gasteiger partial charge in [0.2, 0.25) is 0 Å². The first-order valence-corrected chi connectivity index (χ1v) is 9.22. The second kappa shape index (κ2) is 8.75. The zero-order valence-corrected chi connectivity index (χ0v) is 15.3. The van der Waals surface area contributed by atoms with Crippen LogP contribution in [0.2, 0.25) is 0 Å². The second-order valence-corrected chi connectivity index (χ2v) is 6.93. The molecule has 0 saturated carbocycles. The van der Waals surface area contributed by atoms with Crippen molar-refractivity contribution in [2.75, 3.05) is 7.11 Å². The number of methoxy groups -OCH3 is 1. The van der Waals surface area contributed by atoms with E-state index in [1.165, 1.54) is 24.0 Å². The van der Waals surface area contributed by atoms with Crippen LogP contribution in [0, 0.1) is 11.8 Å². The van der Waals surface area contributed by atoms with E-state index < -0.39 is 0 Å². The molecule has 2 nitrogen and oxygen atoms in total. The minimum atomic E-state index is 0.603. The van der Waals surface area contributed by atoms with Crippen molar-refractivity contribution < 1.29 is 9.47 Å². The molecule has 0 aliphatic heterocycles. The molecule has 0 fully saturated rings. The van der Waals surface area contributed by atoms with E-state index in [0.717, 1.165) is 24.4 Å². The Morgan fingerprint density at radius 3 is 2.48 bits per heavy atom. The van der Waals surface area contributed by atoms with Crippen LogP contribution in [0.4, 0.5) is 0 Å². The fraction of sp³-hybridized carbons (Fsp3) is 0.391. The number of allylic oxidation sites excluding steroid dienone is 6. The maximum Gasteiger partial charge on any atom is 0.117 e. The Hall–Kier alpha value is -2.22. The first-order valence-electron chi connectivity index (χ1n) is 9.22. The summed E-state index contributed by atoms with van der Waals surface area (Å²) in [5, 5.41) is 0. The van der Waals surface area contributed by atoms with E-state index in [2.05, 4.69) is 49.4 Å². The smallest absolute Gasteiger partial charge is 0.117 e. The summed E-state index contributed by atoms with van der Waals surface area (Å²) in [4.78, 5) is 0. The molecule has 2 atom stereocenters. The maximum absolute atomic E-state index is 5.89. The van der Waals surface area contributed by atoms with E-state index in [1.807, 2.05) is 18.2 Å². The third kappa shape index (κ3) is 5.12. The molecule has 0 N–H and O–H groups in total. The van der Waals surface area contributed by atoms with E-state index >= 15 is 0 Å². The highest BCUT2D eigenvalue weighted by Crippen LogP contribution is 2.29. The van der Waals surface area contributed by atoms with Crippen molar-refractivity contribution in [2.24, 2.45) is 11.8 Å². The highest BCUT2D eigenvalue weighted by Gasteiger charge is 2.16. The maximum atomic E-state index is 5.89. The van der Waals surface area contributed by atoms with Gasteiger partial charge in [-0.1, -0.05) is 42.5 Å². The van der Waals surface area contributed by atoms with Gasteiger partial charge in [-0.2, -0.15) is 0 Å². The summed E-state index contributed by atoms with van der Waals surface area (Å²) in [5.74, 6) is 3.27. The highest BCUT2D eigenvalue weighted by molar-refractivity contribution is 5.28. The topological polar surface area (TPSA) is 18.5 Å². The summed E-state index contributed by atoms with van der Waals surface area (Å²) in [5.41, 5.74) is 2.47. The van der Waals surface area contributed by atoms with Crippen molar-refractivity contribution in [1.29, 1.82) is 0 Å². The number of hydrogen-bond donors (Lipinski definition) is 0. The molecule has 25 heavy (non-hydrogen) atoms. The second-order valence-electron chi connectivity index (χ2n) is 6.93. The molecule has 3 rings (SSSR count). The molecule has 1 aromatic rings. The first-order chi connectivity index (χ1) is 12.2. The minimum Gasteiger partial charge on any atom is -0.497 e. The SMILES string of the molecule is COC1=C[C@H](CCC2C=CC(OCc3ccccc3)=CC2)CC=C1C. The summed E-state index contributed by atoms with van der Waals surface area (Å²) >= 11 is 0. The van der Waals surface area contributed by atoms with Gasteiger partial charge in [-0.3, -0.25) is 0 Å². The molecule has 2 aliphatic rings. The molecule has 0 amide bonds. The van der Waals surface area contributed by atoms with E-state index in [0.29, 0.717) is 18.4 Å². The van der Waals surface area contributed by atoms with Crippen LogP contribution >= 0.6 is 0 Å². The first kappa shape index (κ1) is 17.6. The molecule has 1 unspecified atom stereocenters. The average molecular weight is 336 g/mol. The van der Waals surface area contributed by atoms with Crippen LogP contribution in [0.15, 0.2) is 77.8 Å². The largest absolute Gasteiger partial charge is 0.497 e. The molecule has 0 radical (unpaired) electrons. The lowest BCUT2D eigenvalue weighted by Crippen LogP contribution is -2.08. The Balaban J connectivity index is 1.41. The van der Waals surface area contributed by atoms with Crippen molar-refractivity contribution in [3.05, 3.63) is 83.4 Å². The van der Waals surface area contributed by atoms with Crippen LogP contribution in [-0.4, -0.2) is 7.11 Å². The lowest BCUT2D eigenvalue weighted by molar-refractivity contribution is 0.207. The van der Waals surface area contributed by atoms with E-state index in [9.17, 15) is 0 Å². The van der Waals surface area contributed by atoms with Gasteiger partial charge < -0.3 is 9.47 Å². The Kier molecular flexibility index (Phi) is 6.16. The number of ether oxygens (including phenoxy) is 2. The summed E-state index contributed by atoms with van der Waals surface area (Å²) < 4.78 is 11.3. The standard InChI is InChI=1S/C23H28O2/c1-18-8-9-20(16-23(18)24-2)11-10-19-12-14-22(15-13-19)25-17-21-6-4-3-5-7-21/h3-8,12,14-16,19-20H,9-11,13,17H2,1-2H3/t19?,20-/m0/s1. The molecule has 1 aromatic carbocycles. The van der Waals surface area contributed by atoms with Gasteiger partial charge in [0, 0.05) is 0 Å². The quantitative estimate of drug-likeness (QED) is 0.613. The normalized spacial score (nSPS) is 22.7. The number of hydrogen-bond acceptors (Lipinski definition) is 2. The Bertz CT molecular complexity index is 679. The van der Waals surface area contributed by atoms with Crippen LogP contribution in [-0.2, 0) is 16.1 Å². The summed E-state index contributed by atoms with van der Waals surface area (Å²) in [7, 11) is 1.76. The van der Waals surface area contributed by atoms with Gasteiger partial charge in [0.25, 0.3) is 0 Å². The minimum absolute atomic E-state index is 0.603. The number of rotatable bonds is 7. The highest BCUT2D eigenvalue weighted by atomic mass is 16.5. The van der Waals surface area contributed by atoms with Gasteiger partial charge in [-0.15, -0.1) is 0 Å². The van der Waals surface area contributed by atoms with Crippen LogP contribution in [0.3, 0.4) is 0 Å². The molecule has 0 bridgehead atoms.